The van der Waals surface area contributed by atoms with E-state index in [-0.39, 0.29) is 11.9 Å². The van der Waals surface area contributed by atoms with Crippen molar-refractivity contribution < 1.29 is 4.39 Å². The Morgan fingerprint density at radius 3 is 2.57 bits per heavy atom. The smallest absolute Gasteiger partial charge is 0.126 e. The van der Waals surface area contributed by atoms with Crippen LogP contribution in [0, 0.1) is 12.7 Å². The van der Waals surface area contributed by atoms with Crippen LogP contribution in [0.3, 0.4) is 0 Å². The van der Waals surface area contributed by atoms with E-state index in [1.807, 2.05) is 30.3 Å². The lowest BCUT2D eigenvalue weighted by Crippen LogP contribution is -2.28. The van der Waals surface area contributed by atoms with Crippen molar-refractivity contribution in [1.29, 1.82) is 0 Å². The van der Waals surface area contributed by atoms with Gasteiger partial charge in [-0.25, -0.2) is 4.39 Å². The minimum atomic E-state index is -0.151. The molecule has 0 unspecified atom stereocenters. The summed E-state index contributed by atoms with van der Waals surface area (Å²) in [6.07, 6.45) is 1.59. The van der Waals surface area contributed by atoms with Gasteiger partial charge < -0.3 is 11.1 Å². The van der Waals surface area contributed by atoms with Crippen LogP contribution in [0.1, 0.15) is 23.1 Å². The third kappa shape index (κ3) is 5.29. The van der Waals surface area contributed by atoms with Crippen LogP contribution in [0.5, 0.6) is 0 Å². The van der Waals surface area contributed by atoms with Gasteiger partial charge in [0.25, 0.3) is 0 Å². The van der Waals surface area contributed by atoms with E-state index in [4.69, 9.17) is 5.73 Å². The molecule has 2 rings (SSSR count). The van der Waals surface area contributed by atoms with Gasteiger partial charge in [0.1, 0.15) is 5.82 Å². The molecule has 1 atom stereocenters. The largest absolute Gasteiger partial charge is 0.327 e. The molecule has 0 aliphatic carbocycles. The van der Waals surface area contributed by atoms with Gasteiger partial charge in [0.05, 0.1) is 0 Å². The van der Waals surface area contributed by atoms with Gasteiger partial charge in [-0.2, -0.15) is 0 Å². The Morgan fingerprint density at radius 2 is 1.86 bits per heavy atom. The van der Waals surface area contributed by atoms with E-state index in [0.717, 1.165) is 25.1 Å². The summed E-state index contributed by atoms with van der Waals surface area (Å²) < 4.78 is 13.5. The van der Waals surface area contributed by atoms with E-state index in [1.165, 1.54) is 5.56 Å². The van der Waals surface area contributed by atoms with E-state index in [2.05, 4.69) is 17.4 Å². The van der Waals surface area contributed by atoms with Crippen LogP contribution in [0.25, 0.3) is 0 Å². The van der Waals surface area contributed by atoms with Gasteiger partial charge in [-0.3, -0.25) is 0 Å². The van der Waals surface area contributed by atoms with Crippen molar-refractivity contribution in [1.82, 2.24) is 5.32 Å². The maximum Gasteiger partial charge on any atom is 0.126 e. The number of benzene rings is 2. The van der Waals surface area contributed by atoms with Gasteiger partial charge in [-0.15, -0.1) is 0 Å². The van der Waals surface area contributed by atoms with E-state index < -0.39 is 0 Å². The van der Waals surface area contributed by atoms with Crippen LogP contribution in [0.2, 0.25) is 0 Å². The maximum absolute atomic E-state index is 13.5. The van der Waals surface area contributed by atoms with Crippen molar-refractivity contribution in [2.75, 3.05) is 6.54 Å². The second kappa shape index (κ2) is 7.91. The SMILES string of the molecule is Cc1ccc(C[C@H](N)CCNCc2ccccc2)cc1F. The molecule has 0 heterocycles. The van der Waals surface area contributed by atoms with Crippen molar-refractivity contribution in [3.63, 3.8) is 0 Å². The highest BCUT2D eigenvalue weighted by molar-refractivity contribution is 5.24. The predicted octanol–water partition coefficient (Wildman–Crippen LogP) is 3.18. The molecule has 2 nitrogen and oxygen atoms in total. The Morgan fingerprint density at radius 1 is 1.10 bits per heavy atom. The molecule has 0 saturated carbocycles. The highest BCUT2D eigenvalue weighted by Crippen LogP contribution is 2.11. The third-order valence-corrected chi connectivity index (χ3v) is 3.60. The summed E-state index contributed by atoms with van der Waals surface area (Å²) in [5.74, 6) is -0.151. The minimum Gasteiger partial charge on any atom is -0.327 e. The summed E-state index contributed by atoms with van der Waals surface area (Å²) in [6.45, 7) is 3.49. The van der Waals surface area contributed by atoms with E-state index in [9.17, 15) is 4.39 Å². The zero-order chi connectivity index (χ0) is 15.1. The molecule has 2 aromatic rings. The summed E-state index contributed by atoms with van der Waals surface area (Å²) in [4.78, 5) is 0. The lowest BCUT2D eigenvalue weighted by molar-refractivity contribution is 0.555. The van der Waals surface area contributed by atoms with Gasteiger partial charge >= 0.3 is 0 Å². The first-order chi connectivity index (χ1) is 10.1. The molecule has 0 fully saturated rings. The summed E-state index contributed by atoms with van der Waals surface area (Å²) in [7, 11) is 0. The second-order valence-electron chi connectivity index (χ2n) is 5.50. The number of nitrogens with one attached hydrogen (secondary N) is 1. The number of nitrogens with two attached hydrogens (primary N) is 1. The first-order valence-corrected chi connectivity index (χ1v) is 7.40. The Hall–Kier alpha value is -1.71. The van der Waals surface area contributed by atoms with Crippen LogP contribution in [0.15, 0.2) is 48.5 Å². The zero-order valence-electron chi connectivity index (χ0n) is 12.5. The molecule has 0 amide bonds. The molecule has 0 aliphatic heterocycles. The first-order valence-electron chi connectivity index (χ1n) is 7.40. The van der Waals surface area contributed by atoms with Gasteiger partial charge in [-0.1, -0.05) is 42.5 Å². The average molecular weight is 286 g/mol. The van der Waals surface area contributed by atoms with Crippen LogP contribution >= 0.6 is 0 Å². The van der Waals surface area contributed by atoms with Crippen molar-refractivity contribution in [3.8, 4) is 0 Å². The summed E-state index contributed by atoms with van der Waals surface area (Å²) >= 11 is 0. The fourth-order valence-corrected chi connectivity index (χ4v) is 2.28. The summed E-state index contributed by atoms with van der Waals surface area (Å²) in [6, 6.07) is 15.7. The number of aryl methyl sites for hydroxylation is 1. The predicted molar refractivity (Wildman–Crippen MR) is 85.6 cm³/mol. The molecule has 0 radical (unpaired) electrons. The summed E-state index contributed by atoms with van der Waals surface area (Å²) in [5, 5.41) is 3.38. The van der Waals surface area contributed by atoms with Crippen molar-refractivity contribution in [2.45, 2.75) is 32.4 Å². The van der Waals surface area contributed by atoms with Crippen molar-refractivity contribution in [3.05, 3.63) is 71.0 Å². The lowest BCUT2D eigenvalue weighted by Gasteiger charge is -2.13. The first kappa shape index (κ1) is 15.7. The number of halogens is 1. The monoisotopic (exact) mass is 286 g/mol. The number of hydrogen-bond acceptors (Lipinski definition) is 2. The zero-order valence-corrected chi connectivity index (χ0v) is 12.5. The average Bonchev–Trinajstić information content (AvgIpc) is 2.49. The van der Waals surface area contributed by atoms with Crippen LogP contribution in [-0.4, -0.2) is 12.6 Å². The topological polar surface area (TPSA) is 38.0 Å². The standard InChI is InChI=1S/C18H23FN2/c1-14-7-8-16(12-18(14)19)11-17(20)9-10-21-13-15-5-3-2-4-6-15/h2-8,12,17,21H,9-11,13,20H2,1H3/t17-/m1/s1. The highest BCUT2D eigenvalue weighted by atomic mass is 19.1. The molecule has 0 aromatic heterocycles. The number of rotatable bonds is 7. The fourth-order valence-electron chi connectivity index (χ4n) is 2.28. The molecule has 2 aromatic carbocycles. The van der Waals surface area contributed by atoms with Crippen molar-refractivity contribution in [2.24, 2.45) is 5.73 Å². The van der Waals surface area contributed by atoms with Gasteiger partial charge in [0.2, 0.25) is 0 Å². The van der Waals surface area contributed by atoms with Gasteiger partial charge in [0.15, 0.2) is 0 Å². The minimum absolute atomic E-state index is 0.0513. The molecule has 0 spiro atoms. The lowest BCUT2D eigenvalue weighted by atomic mass is 10.0. The quantitative estimate of drug-likeness (QED) is 0.767. The molecule has 0 saturated heterocycles. The Labute approximate surface area is 126 Å². The third-order valence-electron chi connectivity index (χ3n) is 3.60. The molecule has 0 aliphatic rings. The molecule has 112 valence electrons. The second-order valence-corrected chi connectivity index (χ2v) is 5.50. The van der Waals surface area contributed by atoms with E-state index in [1.54, 1.807) is 13.0 Å². The van der Waals surface area contributed by atoms with Crippen LogP contribution in [-0.2, 0) is 13.0 Å². The molecular formula is C18H23FN2. The fraction of sp³-hybridized carbons (Fsp3) is 0.333. The molecule has 3 heteroatoms. The summed E-state index contributed by atoms with van der Waals surface area (Å²) in [5.41, 5.74) is 9.02. The maximum atomic E-state index is 13.5. The van der Waals surface area contributed by atoms with Gasteiger partial charge in [-0.05, 0) is 49.1 Å². The normalized spacial score (nSPS) is 12.3. The molecule has 0 bridgehead atoms. The van der Waals surface area contributed by atoms with E-state index in [0.29, 0.717) is 12.0 Å². The Kier molecular flexibility index (Phi) is 5.90. The molecule has 3 N–H and O–H groups in total. The Balaban J connectivity index is 1.70. The van der Waals surface area contributed by atoms with Crippen molar-refractivity contribution >= 4 is 0 Å². The van der Waals surface area contributed by atoms with Gasteiger partial charge in [0, 0.05) is 12.6 Å². The number of hydrogen-bond donors (Lipinski definition) is 2. The Bertz CT molecular complexity index is 554. The molecular weight excluding hydrogens is 263 g/mol. The highest BCUT2D eigenvalue weighted by Gasteiger charge is 2.06. The van der Waals surface area contributed by atoms with Crippen LogP contribution < -0.4 is 11.1 Å². The molecule has 21 heavy (non-hydrogen) atoms. The van der Waals surface area contributed by atoms with E-state index >= 15 is 0 Å². The van der Waals surface area contributed by atoms with Crippen LogP contribution in [0.4, 0.5) is 4.39 Å².